The van der Waals surface area contributed by atoms with Gasteiger partial charge in [0.2, 0.25) is 5.91 Å². The van der Waals surface area contributed by atoms with Crippen molar-refractivity contribution in [3.8, 4) is 17.1 Å². The lowest BCUT2D eigenvalue weighted by molar-refractivity contribution is -0.129. The summed E-state index contributed by atoms with van der Waals surface area (Å²) >= 11 is 0. The number of hydroxylamine groups is 1. The molecule has 0 aliphatic carbocycles. The Morgan fingerprint density at radius 1 is 1.11 bits per heavy atom. The predicted octanol–water partition coefficient (Wildman–Crippen LogP) is 3.75. The summed E-state index contributed by atoms with van der Waals surface area (Å²) in [7, 11) is 0. The van der Waals surface area contributed by atoms with E-state index in [1.165, 1.54) is 0 Å². The molecule has 10 nitrogen and oxygen atoms in total. The third kappa shape index (κ3) is 6.26. The van der Waals surface area contributed by atoms with E-state index in [0.29, 0.717) is 32.1 Å². The normalized spacial score (nSPS) is 14.0. The highest BCUT2D eigenvalue weighted by Gasteiger charge is 2.21. The number of imidazole rings is 1. The van der Waals surface area contributed by atoms with Crippen LogP contribution in [0.3, 0.4) is 0 Å². The van der Waals surface area contributed by atoms with E-state index in [-0.39, 0.29) is 11.9 Å². The Bertz CT molecular complexity index is 1110. The number of nitrogens with zero attached hydrogens (tertiary/aromatic N) is 5. The monoisotopic (exact) mass is 482 g/mol. The molecule has 10 heteroatoms. The van der Waals surface area contributed by atoms with Crippen molar-refractivity contribution in [3.63, 3.8) is 0 Å². The van der Waals surface area contributed by atoms with Crippen molar-refractivity contribution in [3.05, 3.63) is 30.6 Å². The van der Waals surface area contributed by atoms with Gasteiger partial charge in [0.25, 0.3) is 0 Å². The van der Waals surface area contributed by atoms with Gasteiger partial charge in [0, 0.05) is 31.1 Å². The topological polar surface area (TPSA) is 115 Å². The highest BCUT2D eigenvalue weighted by atomic mass is 16.5. The summed E-state index contributed by atoms with van der Waals surface area (Å²) in [5.74, 6) is 1.98. The molecule has 2 aromatic heterocycles. The van der Waals surface area contributed by atoms with E-state index in [9.17, 15) is 4.79 Å². The summed E-state index contributed by atoms with van der Waals surface area (Å²) < 4.78 is 13.5. The number of carbonyl (C=O) groups excluding carboxylic acids is 1. The van der Waals surface area contributed by atoms with Gasteiger partial charge in [-0.2, -0.15) is 0 Å². The highest BCUT2D eigenvalue weighted by Crippen LogP contribution is 2.29. The molecule has 4 rings (SSSR count). The van der Waals surface area contributed by atoms with E-state index in [1.807, 2.05) is 30.6 Å². The van der Waals surface area contributed by atoms with Crippen LogP contribution in [0.2, 0.25) is 0 Å². The van der Waals surface area contributed by atoms with Crippen molar-refractivity contribution in [2.24, 2.45) is 0 Å². The molecule has 1 fully saturated rings. The minimum atomic E-state index is -0.338. The van der Waals surface area contributed by atoms with E-state index in [1.54, 1.807) is 5.48 Å². The van der Waals surface area contributed by atoms with E-state index in [0.717, 1.165) is 67.1 Å². The number of amides is 1. The molecule has 1 amide bonds. The maximum absolute atomic E-state index is 11.0. The highest BCUT2D eigenvalue weighted by molar-refractivity contribution is 5.86. The van der Waals surface area contributed by atoms with Crippen LogP contribution in [-0.4, -0.2) is 63.5 Å². The molecule has 1 saturated heterocycles. The van der Waals surface area contributed by atoms with Crippen molar-refractivity contribution in [2.45, 2.75) is 52.0 Å². The maximum atomic E-state index is 11.0. The number of ether oxygens (including phenoxy) is 2. The predicted molar refractivity (Wildman–Crippen MR) is 133 cm³/mol. The Morgan fingerprint density at radius 2 is 1.86 bits per heavy atom. The number of fused-ring (bicyclic) bond motifs is 1. The van der Waals surface area contributed by atoms with Gasteiger partial charge in [0.05, 0.1) is 26.1 Å². The molecule has 1 aliphatic rings. The van der Waals surface area contributed by atoms with Gasteiger partial charge in [-0.3, -0.25) is 10.0 Å². The molecule has 0 unspecified atom stereocenters. The van der Waals surface area contributed by atoms with Crippen molar-refractivity contribution >= 4 is 22.9 Å². The fourth-order valence-electron chi connectivity index (χ4n) is 4.09. The fourth-order valence-corrected chi connectivity index (χ4v) is 4.09. The Hall–Kier alpha value is -3.24. The zero-order valence-electron chi connectivity index (χ0n) is 20.4. The summed E-state index contributed by atoms with van der Waals surface area (Å²) in [6, 6.07) is 8.11. The molecule has 0 saturated carbocycles. The number of unbranched alkanes of at least 4 members (excludes halogenated alkanes) is 3. The third-order valence-corrected chi connectivity index (χ3v) is 6.07. The van der Waals surface area contributed by atoms with Crippen LogP contribution in [-0.2, 0) is 9.53 Å². The largest absolute Gasteiger partial charge is 0.494 e. The van der Waals surface area contributed by atoms with Crippen LogP contribution in [0.4, 0.5) is 5.82 Å². The van der Waals surface area contributed by atoms with Gasteiger partial charge < -0.3 is 18.9 Å². The molecule has 1 aliphatic heterocycles. The number of hydrogen-bond donors (Lipinski definition) is 2. The Morgan fingerprint density at radius 3 is 2.57 bits per heavy atom. The van der Waals surface area contributed by atoms with Gasteiger partial charge >= 0.3 is 0 Å². The number of hydrogen-bond acceptors (Lipinski definition) is 8. The van der Waals surface area contributed by atoms with Crippen LogP contribution in [0, 0.1) is 0 Å². The molecule has 0 bridgehead atoms. The van der Waals surface area contributed by atoms with Gasteiger partial charge in [-0.15, -0.1) is 0 Å². The number of nitrogens with one attached hydrogen (secondary N) is 1. The van der Waals surface area contributed by atoms with Crippen LogP contribution in [0.25, 0.3) is 22.6 Å². The molecule has 2 N–H and O–H groups in total. The number of morpholine rings is 1. The van der Waals surface area contributed by atoms with Crippen molar-refractivity contribution < 1.29 is 19.5 Å². The van der Waals surface area contributed by atoms with E-state index in [4.69, 9.17) is 24.6 Å². The first-order chi connectivity index (χ1) is 17.1. The number of anilines is 1. The summed E-state index contributed by atoms with van der Waals surface area (Å²) in [6.45, 7) is 7.77. The van der Waals surface area contributed by atoms with E-state index < -0.39 is 0 Å². The van der Waals surface area contributed by atoms with Crippen LogP contribution < -0.4 is 15.1 Å². The molecule has 0 spiro atoms. The summed E-state index contributed by atoms with van der Waals surface area (Å²) in [5, 5.41) is 8.50. The molecule has 35 heavy (non-hydrogen) atoms. The van der Waals surface area contributed by atoms with Crippen LogP contribution in [0.15, 0.2) is 30.6 Å². The van der Waals surface area contributed by atoms with Gasteiger partial charge in [-0.05, 0) is 51.0 Å². The lowest BCUT2D eigenvalue weighted by atomic mass is 10.1. The second kappa shape index (κ2) is 11.9. The van der Waals surface area contributed by atoms with E-state index >= 15 is 0 Å². The molecule has 188 valence electrons. The Kier molecular flexibility index (Phi) is 8.49. The number of carbonyl (C=O) groups is 1. The zero-order valence-corrected chi connectivity index (χ0v) is 20.4. The molecule has 3 aromatic rings. The molecular formula is C25H34N6O4. The fraction of sp³-hybridized carbons (Fsp3) is 0.520. The van der Waals surface area contributed by atoms with Gasteiger partial charge in [-0.1, -0.05) is 12.8 Å². The Balaban J connectivity index is 1.43. The lowest BCUT2D eigenvalue weighted by Gasteiger charge is -2.28. The van der Waals surface area contributed by atoms with Crippen LogP contribution in [0.5, 0.6) is 5.75 Å². The van der Waals surface area contributed by atoms with Gasteiger partial charge in [0.15, 0.2) is 22.8 Å². The Labute approximate surface area is 205 Å². The average Bonchev–Trinajstić information content (AvgIpc) is 3.33. The molecular weight excluding hydrogens is 448 g/mol. The minimum Gasteiger partial charge on any atom is -0.494 e. The number of aromatic nitrogens is 4. The lowest BCUT2D eigenvalue weighted by Crippen LogP contribution is -2.37. The van der Waals surface area contributed by atoms with Crippen molar-refractivity contribution in [1.82, 2.24) is 25.0 Å². The first kappa shape index (κ1) is 24.9. The number of rotatable bonds is 11. The number of benzene rings is 1. The second-order valence-corrected chi connectivity index (χ2v) is 8.96. The van der Waals surface area contributed by atoms with Crippen molar-refractivity contribution in [1.29, 1.82) is 0 Å². The third-order valence-electron chi connectivity index (χ3n) is 6.07. The molecule has 0 radical (unpaired) electrons. The molecule has 1 aromatic carbocycles. The van der Waals surface area contributed by atoms with Crippen LogP contribution >= 0.6 is 0 Å². The summed E-state index contributed by atoms with van der Waals surface area (Å²) in [5.41, 5.74) is 4.24. The quantitative estimate of drug-likeness (QED) is 0.241. The average molecular weight is 483 g/mol. The van der Waals surface area contributed by atoms with Gasteiger partial charge in [0.1, 0.15) is 5.75 Å². The van der Waals surface area contributed by atoms with Crippen molar-refractivity contribution in [2.75, 3.05) is 37.8 Å². The first-order valence-electron chi connectivity index (χ1n) is 12.3. The minimum absolute atomic E-state index is 0.239. The van der Waals surface area contributed by atoms with Gasteiger partial charge in [-0.25, -0.2) is 20.4 Å². The summed E-state index contributed by atoms with van der Waals surface area (Å²) in [6.07, 6.45) is 5.75. The molecule has 0 atom stereocenters. The van der Waals surface area contributed by atoms with E-state index in [2.05, 4.69) is 28.3 Å². The second-order valence-electron chi connectivity index (χ2n) is 8.96. The smallest absolute Gasteiger partial charge is 0.243 e. The van der Waals surface area contributed by atoms with Crippen LogP contribution in [0.1, 0.15) is 52.0 Å². The standard InChI is InChI=1S/C25H34N6O4/c1-18(2)31-17-26-22-24(30-12-15-34-16-13-30)27-23(28-25(22)31)19-8-10-20(11-9-19)35-14-6-4-3-5-7-21(32)29-33/h8-11,17-18,33H,3-7,12-16H2,1-2H3,(H,29,32). The zero-order chi connectivity index (χ0) is 24.6. The summed E-state index contributed by atoms with van der Waals surface area (Å²) in [4.78, 5) is 27.7. The SMILES string of the molecule is CC(C)n1cnc2c(N3CCOCC3)nc(-c3ccc(OCCCCCCC(=O)NO)cc3)nc21. The first-order valence-corrected chi connectivity index (χ1v) is 12.3. The maximum Gasteiger partial charge on any atom is 0.243 e. The molecule has 3 heterocycles.